The van der Waals surface area contributed by atoms with E-state index in [0.717, 1.165) is 51.6 Å². The lowest BCUT2D eigenvalue weighted by Gasteiger charge is -2.32. The summed E-state index contributed by atoms with van der Waals surface area (Å²) in [6, 6.07) is 8.30. The first-order chi connectivity index (χ1) is 10.2. The predicted molar refractivity (Wildman–Crippen MR) is 85.7 cm³/mol. The van der Waals surface area contributed by atoms with E-state index in [1.807, 2.05) is 6.07 Å². The lowest BCUT2D eigenvalue weighted by molar-refractivity contribution is 0.117. The number of hydrogen-bond acceptors (Lipinski definition) is 4. The Morgan fingerprint density at radius 3 is 2.95 bits per heavy atom. The monoisotopic (exact) mass is 292 g/mol. The van der Waals surface area contributed by atoms with E-state index in [0.29, 0.717) is 0 Å². The molecular weight excluding hydrogens is 264 g/mol. The summed E-state index contributed by atoms with van der Waals surface area (Å²) >= 11 is 0. The Morgan fingerprint density at radius 2 is 2.29 bits per heavy atom. The molecule has 0 bridgehead atoms. The predicted octanol–water partition coefficient (Wildman–Crippen LogP) is 2.14. The van der Waals surface area contributed by atoms with Crippen molar-refractivity contribution in [2.75, 3.05) is 47.0 Å². The van der Waals surface area contributed by atoms with E-state index < -0.39 is 0 Å². The fourth-order valence-electron chi connectivity index (χ4n) is 3.07. The van der Waals surface area contributed by atoms with Crippen LogP contribution < -0.4 is 10.1 Å². The SMILES string of the molecule is CCNCC1(CN(C)Cc2cccc(OC)c2)CCOC1. The lowest BCUT2D eigenvalue weighted by Crippen LogP contribution is -2.43. The Bertz CT molecular complexity index is 431. The maximum atomic E-state index is 5.66. The van der Waals surface area contributed by atoms with Crippen molar-refractivity contribution in [3.63, 3.8) is 0 Å². The Hall–Kier alpha value is -1.10. The third-order valence-corrected chi connectivity index (χ3v) is 4.13. The van der Waals surface area contributed by atoms with Crippen LogP contribution in [0, 0.1) is 5.41 Å². The van der Waals surface area contributed by atoms with Gasteiger partial charge in [0.2, 0.25) is 0 Å². The van der Waals surface area contributed by atoms with Gasteiger partial charge in [0.1, 0.15) is 5.75 Å². The normalized spacial score (nSPS) is 21.9. The maximum Gasteiger partial charge on any atom is 0.119 e. The second-order valence-electron chi connectivity index (χ2n) is 6.11. The van der Waals surface area contributed by atoms with Crippen molar-refractivity contribution in [2.45, 2.75) is 19.9 Å². The van der Waals surface area contributed by atoms with Crippen LogP contribution in [0.2, 0.25) is 0 Å². The second-order valence-corrected chi connectivity index (χ2v) is 6.11. The molecule has 1 aliphatic heterocycles. The standard InChI is InChI=1S/C17H28N2O2/c1-4-18-12-17(8-9-21-14-17)13-19(2)11-15-6-5-7-16(10-15)20-3/h5-7,10,18H,4,8-9,11-14H2,1-3H3. The summed E-state index contributed by atoms with van der Waals surface area (Å²) in [5.74, 6) is 0.924. The number of benzene rings is 1. The fraction of sp³-hybridized carbons (Fsp3) is 0.647. The summed E-state index contributed by atoms with van der Waals surface area (Å²) in [4.78, 5) is 2.39. The Kier molecular flexibility index (Phi) is 6.03. The number of rotatable bonds is 8. The quantitative estimate of drug-likeness (QED) is 0.796. The molecule has 1 aliphatic rings. The molecule has 0 spiro atoms. The molecule has 0 aliphatic carbocycles. The van der Waals surface area contributed by atoms with E-state index >= 15 is 0 Å². The van der Waals surface area contributed by atoms with Crippen molar-refractivity contribution >= 4 is 0 Å². The van der Waals surface area contributed by atoms with E-state index in [2.05, 4.69) is 42.4 Å². The van der Waals surface area contributed by atoms with Gasteiger partial charge in [0.05, 0.1) is 13.7 Å². The molecule has 1 fully saturated rings. The van der Waals surface area contributed by atoms with Crippen molar-refractivity contribution in [1.29, 1.82) is 0 Å². The molecule has 0 radical (unpaired) electrons. The van der Waals surface area contributed by atoms with Gasteiger partial charge in [-0.3, -0.25) is 0 Å². The highest BCUT2D eigenvalue weighted by atomic mass is 16.5. The van der Waals surface area contributed by atoms with E-state index in [1.54, 1.807) is 7.11 Å². The molecule has 1 aromatic rings. The van der Waals surface area contributed by atoms with Gasteiger partial charge in [0.25, 0.3) is 0 Å². The smallest absolute Gasteiger partial charge is 0.119 e. The van der Waals surface area contributed by atoms with Crippen LogP contribution in [-0.2, 0) is 11.3 Å². The molecule has 1 N–H and O–H groups in total. The number of methoxy groups -OCH3 is 1. The highest BCUT2D eigenvalue weighted by Crippen LogP contribution is 2.29. The molecule has 2 rings (SSSR count). The van der Waals surface area contributed by atoms with Crippen LogP contribution in [0.5, 0.6) is 5.75 Å². The minimum Gasteiger partial charge on any atom is -0.497 e. The van der Waals surface area contributed by atoms with Crippen molar-refractivity contribution in [1.82, 2.24) is 10.2 Å². The van der Waals surface area contributed by atoms with Crippen LogP contribution in [0.3, 0.4) is 0 Å². The zero-order valence-corrected chi connectivity index (χ0v) is 13.5. The third kappa shape index (κ3) is 4.70. The van der Waals surface area contributed by atoms with Gasteiger partial charge in [-0.1, -0.05) is 19.1 Å². The van der Waals surface area contributed by atoms with Crippen LogP contribution in [0.25, 0.3) is 0 Å². The molecule has 118 valence electrons. The van der Waals surface area contributed by atoms with E-state index in [4.69, 9.17) is 9.47 Å². The minimum atomic E-state index is 0.254. The van der Waals surface area contributed by atoms with E-state index in [9.17, 15) is 0 Å². The van der Waals surface area contributed by atoms with Gasteiger partial charge in [-0.05, 0) is 37.7 Å². The average Bonchev–Trinajstić information content (AvgIpc) is 2.94. The van der Waals surface area contributed by atoms with Crippen LogP contribution in [0.1, 0.15) is 18.9 Å². The van der Waals surface area contributed by atoms with Crippen molar-refractivity contribution in [3.8, 4) is 5.75 Å². The van der Waals surface area contributed by atoms with Crippen molar-refractivity contribution < 1.29 is 9.47 Å². The summed E-state index contributed by atoms with van der Waals surface area (Å²) in [7, 11) is 3.90. The maximum absolute atomic E-state index is 5.66. The van der Waals surface area contributed by atoms with Crippen LogP contribution >= 0.6 is 0 Å². The molecule has 1 aromatic carbocycles. The van der Waals surface area contributed by atoms with Crippen molar-refractivity contribution in [3.05, 3.63) is 29.8 Å². The highest BCUT2D eigenvalue weighted by molar-refractivity contribution is 5.28. The molecule has 21 heavy (non-hydrogen) atoms. The first-order valence-electron chi connectivity index (χ1n) is 7.77. The second kappa shape index (κ2) is 7.78. The summed E-state index contributed by atoms with van der Waals surface area (Å²) in [5.41, 5.74) is 1.54. The largest absolute Gasteiger partial charge is 0.497 e. The summed E-state index contributed by atoms with van der Waals surface area (Å²) in [6.07, 6.45) is 1.14. The van der Waals surface area contributed by atoms with E-state index in [-0.39, 0.29) is 5.41 Å². The summed E-state index contributed by atoms with van der Waals surface area (Å²) in [6.45, 7) is 7.94. The van der Waals surface area contributed by atoms with Gasteiger partial charge in [-0.2, -0.15) is 0 Å². The molecule has 0 amide bonds. The third-order valence-electron chi connectivity index (χ3n) is 4.13. The molecule has 1 heterocycles. The zero-order valence-electron chi connectivity index (χ0n) is 13.5. The first-order valence-corrected chi connectivity index (χ1v) is 7.77. The molecule has 1 unspecified atom stereocenters. The zero-order chi connectivity index (χ0) is 15.1. The van der Waals surface area contributed by atoms with Gasteiger partial charge in [0.15, 0.2) is 0 Å². The van der Waals surface area contributed by atoms with Gasteiger partial charge in [0, 0.05) is 31.7 Å². The van der Waals surface area contributed by atoms with Gasteiger partial charge < -0.3 is 19.7 Å². The summed E-state index contributed by atoms with van der Waals surface area (Å²) in [5, 5.41) is 3.49. The van der Waals surface area contributed by atoms with Gasteiger partial charge in [-0.15, -0.1) is 0 Å². The first kappa shape index (κ1) is 16.3. The molecule has 0 saturated carbocycles. The van der Waals surface area contributed by atoms with Crippen LogP contribution in [-0.4, -0.2) is 51.9 Å². The average molecular weight is 292 g/mol. The van der Waals surface area contributed by atoms with Gasteiger partial charge >= 0.3 is 0 Å². The molecule has 4 nitrogen and oxygen atoms in total. The number of nitrogens with one attached hydrogen (secondary N) is 1. The van der Waals surface area contributed by atoms with Crippen LogP contribution in [0.4, 0.5) is 0 Å². The van der Waals surface area contributed by atoms with Gasteiger partial charge in [-0.25, -0.2) is 0 Å². The van der Waals surface area contributed by atoms with Crippen LogP contribution in [0.15, 0.2) is 24.3 Å². The fourth-order valence-corrected chi connectivity index (χ4v) is 3.07. The molecule has 1 atom stereocenters. The molecular formula is C17H28N2O2. The number of nitrogens with zero attached hydrogens (tertiary/aromatic N) is 1. The molecule has 0 aromatic heterocycles. The topological polar surface area (TPSA) is 33.7 Å². The molecule has 1 saturated heterocycles. The van der Waals surface area contributed by atoms with E-state index in [1.165, 1.54) is 5.56 Å². The Labute approximate surface area is 128 Å². The van der Waals surface area contributed by atoms with Crippen molar-refractivity contribution in [2.24, 2.45) is 5.41 Å². The Morgan fingerprint density at radius 1 is 1.43 bits per heavy atom. The number of ether oxygens (including phenoxy) is 2. The highest BCUT2D eigenvalue weighted by Gasteiger charge is 2.35. The Balaban J connectivity index is 1.93. The summed E-state index contributed by atoms with van der Waals surface area (Å²) < 4.78 is 11.0. The minimum absolute atomic E-state index is 0.254. The lowest BCUT2D eigenvalue weighted by atomic mass is 9.86. The molecule has 4 heteroatoms. The number of hydrogen-bond donors (Lipinski definition) is 1.